The van der Waals surface area contributed by atoms with Crippen LogP contribution in [0.2, 0.25) is 0 Å². The van der Waals surface area contributed by atoms with Crippen LogP contribution in [-0.4, -0.2) is 28.1 Å². The summed E-state index contributed by atoms with van der Waals surface area (Å²) in [7, 11) is 0. The zero-order valence-corrected chi connectivity index (χ0v) is 9.15. The molecule has 1 aliphatic rings. The van der Waals surface area contributed by atoms with Crippen LogP contribution in [0, 0.1) is 0 Å². The second-order valence-corrected chi connectivity index (χ2v) is 4.39. The van der Waals surface area contributed by atoms with Crippen molar-refractivity contribution < 1.29 is 9.90 Å². The number of carbonyl (C=O) groups is 1. The van der Waals surface area contributed by atoms with E-state index in [-0.39, 0.29) is 5.91 Å². The van der Waals surface area contributed by atoms with Gasteiger partial charge < -0.3 is 10.4 Å². The summed E-state index contributed by atoms with van der Waals surface area (Å²) in [5, 5.41) is 12.6. The van der Waals surface area contributed by atoms with Gasteiger partial charge in [0, 0.05) is 18.9 Å². The van der Waals surface area contributed by atoms with Crippen LogP contribution in [0.3, 0.4) is 0 Å². The summed E-state index contributed by atoms with van der Waals surface area (Å²) in [6.45, 7) is 0.367. The molecule has 2 rings (SSSR count). The molecule has 1 saturated carbocycles. The minimum Gasteiger partial charge on any atom is -0.388 e. The standard InChI is InChI=1S/C12H16N2O2/c15-11(7-10-3-1-6-13-8-10)14-9-12(16)4-2-5-12/h1,3,6,8,16H,2,4-5,7,9H2,(H,14,15). The van der Waals surface area contributed by atoms with Gasteiger partial charge in [0.25, 0.3) is 0 Å². The van der Waals surface area contributed by atoms with E-state index in [4.69, 9.17) is 0 Å². The number of aromatic nitrogens is 1. The first-order valence-electron chi connectivity index (χ1n) is 5.56. The lowest BCUT2D eigenvalue weighted by Crippen LogP contribution is -2.48. The molecule has 0 spiro atoms. The Morgan fingerprint density at radius 1 is 1.56 bits per heavy atom. The van der Waals surface area contributed by atoms with E-state index in [9.17, 15) is 9.90 Å². The fourth-order valence-corrected chi connectivity index (χ4v) is 1.78. The van der Waals surface area contributed by atoms with Crippen molar-refractivity contribution in [2.75, 3.05) is 6.54 Å². The first-order chi connectivity index (χ1) is 7.68. The van der Waals surface area contributed by atoms with E-state index >= 15 is 0 Å². The third-order valence-electron chi connectivity index (χ3n) is 2.99. The molecule has 1 heterocycles. The van der Waals surface area contributed by atoms with Gasteiger partial charge in [-0.05, 0) is 30.9 Å². The van der Waals surface area contributed by atoms with Gasteiger partial charge in [-0.15, -0.1) is 0 Å². The first kappa shape index (κ1) is 11.1. The number of carbonyl (C=O) groups excluding carboxylic acids is 1. The van der Waals surface area contributed by atoms with Crippen LogP contribution in [0.25, 0.3) is 0 Å². The number of nitrogens with one attached hydrogen (secondary N) is 1. The van der Waals surface area contributed by atoms with Gasteiger partial charge in [-0.1, -0.05) is 6.07 Å². The zero-order chi connectivity index (χ0) is 11.4. The molecule has 0 atom stereocenters. The van der Waals surface area contributed by atoms with Gasteiger partial charge in [-0.2, -0.15) is 0 Å². The van der Waals surface area contributed by atoms with Crippen molar-refractivity contribution in [3.8, 4) is 0 Å². The van der Waals surface area contributed by atoms with Crippen molar-refractivity contribution in [2.24, 2.45) is 0 Å². The minimum atomic E-state index is -0.648. The Morgan fingerprint density at radius 3 is 2.94 bits per heavy atom. The summed E-state index contributed by atoms with van der Waals surface area (Å²) >= 11 is 0. The van der Waals surface area contributed by atoms with Crippen molar-refractivity contribution in [2.45, 2.75) is 31.3 Å². The highest BCUT2D eigenvalue weighted by Gasteiger charge is 2.34. The topological polar surface area (TPSA) is 62.2 Å². The average molecular weight is 220 g/mol. The zero-order valence-electron chi connectivity index (χ0n) is 9.15. The number of rotatable bonds is 4. The van der Waals surface area contributed by atoms with Crippen molar-refractivity contribution >= 4 is 5.91 Å². The SMILES string of the molecule is O=C(Cc1cccnc1)NCC1(O)CCC1. The highest BCUT2D eigenvalue weighted by Crippen LogP contribution is 2.30. The van der Waals surface area contributed by atoms with Gasteiger partial charge in [0.15, 0.2) is 0 Å². The molecule has 1 aromatic heterocycles. The predicted octanol–water partition coefficient (Wildman–Crippen LogP) is 0.655. The lowest BCUT2D eigenvalue weighted by Gasteiger charge is -2.36. The third kappa shape index (κ3) is 2.79. The molecule has 0 aliphatic heterocycles. The lowest BCUT2D eigenvalue weighted by atomic mass is 9.80. The summed E-state index contributed by atoms with van der Waals surface area (Å²) in [4.78, 5) is 15.5. The summed E-state index contributed by atoms with van der Waals surface area (Å²) in [5.41, 5.74) is 0.241. The van der Waals surface area contributed by atoms with E-state index in [1.807, 2.05) is 12.1 Å². The third-order valence-corrected chi connectivity index (χ3v) is 2.99. The van der Waals surface area contributed by atoms with Crippen LogP contribution in [0.4, 0.5) is 0 Å². The van der Waals surface area contributed by atoms with Crippen molar-refractivity contribution in [1.82, 2.24) is 10.3 Å². The van der Waals surface area contributed by atoms with Gasteiger partial charge in [0.05, 0.1) is 12.0 Å². The maximum atomic E-state index is 11.5. The average Bonchev–Trinajstić information content (AvgIpc) is 2.25. The van der Waals surface area contributed by atoms with Crippen LogP contribution in [0.1, 0.15) is 24.8 Å². The van der Waals surface area contributed by atoms with E-state index in [0.29, 0.717) is 13.0 Å². The van der Waals surface area contributed by atoms with Crippen LogP contribution in [-0.2, 0) is 11.2 Å². The second kappa shape index (κ2) is 4.61. The number of aliphatic hydroxyl groups is 1. The number of pyridine rings is 1. The van der Waals surface area contributed by atoms with Crippen molar-refractivity contribution in [3.05, 3.63) is 30.1 Å². The Kier molecular flexibility index (Phi) is 3.19. The largest absolute Gasteiger partial charge is 0.388 e. The predicted molar refractivity (Wildman–Crippen MR) is 59.8 cm³/mol. The maximum Gasteiger partial charge on any atom is 0.224 e. The summed E-state index contributed by atoms with van der Waals surface area (Å²) < 4.78 is 0. The normalized spacial score (nSPS) is 17.6. The van der Waals surface area contributed by atoms with Gasteiger partial charge >= 0.3 is 0 Å². The van der Waals surface area contributed by atoms with E-state index < -0.39 is 5.60 Å². The van der Waals surface area contributed by atoms with Gasteiger partial charge in [0.1, 0.15) is 0 Å². The van der Waals surface area contributed by atoms with Crippen LogP contribution < -0.4 is 5.32 Å². The molecule has 0 radical (unpaired) electrons. The van der Waals surface area contributed by atoms with E-state index in [1.165, 1.54) is 0 Å². The van der Waals surface area contributed by atoms with Crippen molar-refractivity contribution in [1.29, 1.82) is 0 Å². The Labute approximate surface area is 94.7 Å². The molecule has 86 valence electrons. The van der Waals surface area contributed by atoms with Crippen molar-refractivity contribution in [3.63, 3.8) is 0 Å². The molecule has 1 amide bonds. The molecular formula is C12H16N2O2. The molecule has 1 fully saturated rings. The fraction of sp³-hybridized carbons (Fsp3) is 0.500. The van der Waals surface area contributed by atoms with Gasteiger partial charge in [-0.3, -0.25) is 9.78 Å². The smallest absolute Gasteiger partial charge is 0.224 e. The Balaban J connectivity index is 1.76. The van der Waals surface area contributed by atoms with Crippen LogP contribution in [0.15, 0.2) is 24.5 Å². The minimum absolute atomic E-state index is 0.0617. The molecule has 16 heavy (non-hydrogen) atoms. The molecule has 0 saturated heterocycles. The monoisotopic (exact) mass is 220 g/mol. The van der Waals surface area contributed by atoms with Crippen LogP contribution in [0.5, 0.6) is 0 Å². The molecular weight excluding hydrogens is 204 g/mol. The summed E-state index contributed by atoms with van der Waals surface area (Å²) in [6, 6.07) is 3.67. The molecule has 0 unspecified atom stereocenters. The Hall–Kier alpha value is -1.42. The number of nitrogens with zero attached hydrogens (tertiary/aromatic N) is 1. The lowest BCUT2D eigenvalue weighted by molar-refractivity contribution is -0.122. The van der Waals surface area contributed by atoms with E-state index in [0.717, 1.165) is 24.8 Å². The highest BCUT2D eigenvalue weighted by molar-refractivity contribution is 5.78. The fourth-order valence-electron chi connectivity index (χ4n) is 1.78. The summed E-state index contributed by atoms with van der Waals surface area (Å²) in [6.07, 6.45) is 6.31. The van der Waals surface area contributed by atoms with Crippen LogP contribution >= 0.6 is 0 Å². The maximum absolute atomic E-state index is 11.5. The molecule has 1 aromatic rings. The molecule has 0 aromatic carbocycles. The number of amides is 1. The molecule has 1 aliphatic carbocycles. The quantitative estimate of drug-likeness (QED) is 0.783. The Morgan fingerprint density at radius 2 is 2.38 bits per heavy atom. The summed E-state index contributed by atoms with van der Waals surface area (Å²) in [5.74, 6) is -0.0617. The number of hydrogen-bond acceptors (Lipinski definition) is 3. The van der Waals surface area contributed by atoms with E-state index in [1.54, 1.807) is 12.4 Å². The second-order valence-electron chi connectivity index (χ2n) is 4.39. The first-order valence-corrected chi connectivity index (χ1v) is 5.56. The number of hydrogen-bond donors (Lipinski definition) is 2. The van der Waals surface area contributed by atoms with Gasteiger partial charge in [0.2, 0.25) is 5.91 Å². The molecule has 4 heteroatoms. The highest BCUT2D eigenvalue weighted by atomic mass is 16.3. The van der Waals surface area contributed by atoms with E-state index in [2.05, 4.69) is 10.3 Å². The van der Waals surface area contributed by atoms with Gasteiger partial charge in [-0.25, -0.2) is 0 Å². The molecule has 0 bridgehead atoms. The molecule has 2 N–H and O–H groups in total. The Bertz CT molecular complexity index is 361. The molecule has 4 nitrogen and oxygen atoms in total.